The summed E-state index contributed by atoms with van der Waals surface area (Å²) in [5.41, 5.74) is -0.947. The molecular formula is C8H12O3S. The van der Waals surface area contributed by atoms with E-state index in [1.807, 2.05) is 6.92 Å². The molecule has 0 aromatic carbocycles. The zero-order valence-corrected chi connectivity index (χ0v) is 8.02. The molecule has 0 N–H and O–H groups in total. The van der Waals surface area contributed by atoms with E-state index in [9.17, 15) is 8.42 Å². The highest BCUT2D eigenvalue weighted by atomic mass is 32.2. The van der Waals surface area contributed by atoms with E-state index < -0.39 is 15.7 Å². The van der Waals surface area contributed by atoms with Gasteiger partial charge in [-0.1, -0.05) is 12.8 Å². The second-order valence-electron chi connectivity index (χ2n) is 3.29. The fourth-order valence-corrected chi connectivity index (χ4v) is 2.62. The van der Waals surface area contributed by atoms with Crippen molar-refractivity contribution in [2.75, 3.05) is 5.75 Å². The fourth-order valence-electron chi connectivity index (χ4n) is 1.15. The van der Waals surface area contributed by atoms with Crippen LogP contribution in [0.1, 0.15) is 20.3 Å². The van der Waals surface area contributed by atoms with E-state index in [2.05, 4.69) is 5.92 Å². The van der Waals surface area contributed by atoms with Gasteiger partial charge in [0, 0.05) is 0 Å². The van der Waals surface area contributed by atoms with Gasteiger partial charge in [-0.25, -0.2) is 0 Å². The van der Waals surface area contributed by atoms with Crippen LogP contribution in [0.15, 0.2) is 0 Å². The third-order valence-electron chi connectivity index (χ3n) is 2.33. The minimum atomic E-state index is -3.38. The quantitative estimate of drug-likeness (QED) is 0.416. The van der Waals surface area contributed by atoms with Crippen molar-refractivity contribution in [3.05, 3.63) is 0 Å². The predicted octanol–water partition coefficient (Wildman–Crippen LogP) is 0.764. The van der Waals surface area contributed by atoms with Crippen LogP contribution in [0, 0.1) is 18.3 Å². The van der Waals surface area contributed by atoms with Gasteiger partial charge in [-0.2, -0.15) is 8.42 Å². The molecule has 68 valence electrons. The smallest absolute Gasteiger partial charge is 0.250 e. The summed E-state index contributed by atoms with van der Waals surface area (Å²) in [6.07, 6.45) is 5.78. The molecule has 0 saturated carbocycles. The zero-order valence-electron chi connectivity index (χ0n) is 7.20. The average Bonchev–Trinajstić information content (AvgIpc) is 1.97. The van der Waals surface area contributed by atoms with Gasteiger partial charge >= 0.3 is 0 Å². The molecule has 0 spiro atoms. The van der Waals surface area contributed by atoms with Gasteiger partial charge in [-0.15, -0.1) is 6.42 Å². The van der Waals surface area contributed by atoms with Gasteiger partial charge in [-0.3, -0.25) is 4.18 Å². The maximum Gasteiger partial charge on any atom is 0.268 e. The maximum absolute atomic E-state index is 11.1. The maximum atomic E-state index is 11.1. The molecule has 0 aromatic heterocycles. The van der Waals surface area contributed by atoms with Gasteiger partial charge in [-0.05, 0) is 19.3 Å². The number of rotatable bonds is 0. The lowest BCUT2D eigenvalue weighted by molar-refractivity contribution is 0.0814. The first-order chi connectivity index (χ1) is 5.40. The molecule has 0 aromatic rings. The Bertz CT molecular complexity index is 312. The third kappa shape index (κ3) is 1.62. The molecule has 1 rings (SSSR count). The molecule has 1 heterocycles. The lowest BCUT2D eigenvalue weighted by atomic mass is 9.89. The Morgan fingerprint density at radius 2 is 2.25 bits per heavy atom. The summed E-state index contributed by atoms with van der Waals surface area (Å²) in [5, 5.41) is 0. The van der Waals surface area contributed by atoms with Gasteiger partial charge in [0.1, 0.15) is 5.60 Å². The first-order valence-electron chi connectivity index (χ1n) is 3.81. The molecule has 0 bridgehead atoms. The van der Waals surface area contributed by atoms with Crippen molar-refractivity contribution in [1.29, 1.82) is 0 Å². The first kappa shape index (κ1) is 9.56. The summed E-state index contributed by atoms with van der Waals surface area (Å²) in [6, 6.07) is 0. The molecule has 1 aliphatic heterocycles. The van der Waals surface area contributed by atoms with Gasteiger partial charge < -0.3 is 0 Å². The molecule has 4 heteroatoms. The van der Waals surface area contributed by atoms with Gasteiger partial charge in [0.15, 0.2) is 0 Å². The largest absolute Gasteiger partial charge is 0.268 e. The summed E-state index contributed by atoms with van der Waals surface area (Å²) in [6.45, 7) is 3.53. The zero-order chi connectivity index (χ0) is 9.41. The van der Waals surface area contributed by atoms with E-state index in [0.717, 1.165) is 0 Å². The van der Waals surface area contributed by atoms with Crippen LogP contribution in [0.25, 0.3) is 0 Å². The lowest BCUT2D eigenvalue weighted by Crippen LogP contribution is -2.42. The molecule has 1 aliphatic rings. The molecule has 1 fully saturated rings. The number of hydrogen-bond donors (Lipinski definition) is 0. The summed E-state index contributed by atoms with van der Waals surface area (Å²) in [4.78, 5) is 0. The normalized spacial score (nSPS) is 40.2. The first-order valence-corrected chi connectivity index (χ1v) is 5.38. The Balaban J connectivity index is 2.96. The Morgan fingerprint density at radius 3 is 2.67 bits per heavy atom. The van der Waals surface area contributed by atoms with E-state index in [-0.39, 0.29) is 11.7 Å². The van der Waals surface area contributed by atoms with Crippen molar-refractivity contribution < 1.29 is 12.6 Å². The molecular weight excluding hydrogens is 176 g/mol. The molecule has 0 aliphatic carbocycles. The monoisotopic (exact) mass is 188 g/mol. The minimum absolute atomic E-state index is 0.0748. The highest BCUT2D eigenvalue weighted by Crippen LogP contribution is 2.31. The van der Waals surface area contributed by atoms with Crippen molar-refractivity contribution in [1.82, 2.24) is 0 Å². The van der Waals surface area contributed by atoms with Crippen molar-refractivity contribution in [2.24, 2.45) is 5.92 Å². The topological polar surface area (TPSA) is 43.4 Å². The fraction of sp³-hybridized carbons (Fsp3) is 0.750. The lowest BCUT2D eigenvalue weighted by Gasteiger charge is -2.33. The SMILES string of the molecule is C#CC1(C)OS(=O)(=O)CCC1C. The van der Waals surface area contributed by atoms with Crippen LogP contribution in [0.4, 0.5) is 0 Å². The highest BCUT2D eigenvalue weighted by Gasteiger charge is 2.40. The van der Waals surface area contributed by atoms with E-state index in [1.165, 1.54) is 0 Å². The molecule has 1 saturated heterocycles. The summed E-state index contributed by atoms with van der Waals surface area (Å²) in [7, 11) is -3.38. The Kier molecular flexibility index (Phi) is 2.19. The predicted molar refractivity (Wildman–Crippen MR) is 45.9 cm³/mol. The van der Waals surface area contributed by atoms with Gasteiger partial charge in [0.05, 0.1) is 5.75 Å². The van der Waals surface area contributed by atoms with Crippen molar-refractivity contribution in [2.45, 2.75) is 25.9 Å². The molecule has 2 unspecified atom stereocenters. The average molecular weight is 188 g/mol. The summed E-state index contributed by atoms with van der Waals surface area (Å²) in [5.74, 6) is 2.55. The standard InChI is InChI=1S/C8H12O3S/c1-4-8(3)7(2)5-6-12(9,10)11-8/h1,7H,5-6H2,2-3H3. The number of hydrogen-bond acceptors (Lipinski definition) is 3. The molecule has 3 nitrogen and oxygen atoms in total. The van der Waals surface area contributed by atoms with E-state index in [4.69, 9.17) is 10.6 Å². The van der Waals surface area contributed by atoms with Gasteiger partial charge in [0.25, 0.3) is 10.1 Å². The molecule has 0 amide bonds. The number of terminal acetylenes is 1. The van der Waals surface area contributed by atoms with Crippen LogP contribution < -0.4 is 0 Å². The van der Waals surface area contributed by atoms with Crippen molar-refractivity contribution in [3.63, 3.8) is 0 Å². The minimum Gasteiger partial charge on any atom is -0.250 e. The second-order valence-corrected chi connectivity index (χ2v) is 4.98. The van der Waals surface area contributed by atoms with E-state index in [1.54, 1.807) is 6.92 Å². The molecule has 2 atom stereocenters. The van der Waals surface area contributed by atoms with Crippen molar-refractivity contribution in [3.8, 4) is 12.3 Å². The van der Waals surface area contributed by atoms with Crippen LogP contribution in [0.5, 0.6) is 0 Å². The second kappa shape index (κ2) is 2.75. The van der Waals surface area contributed by atoms with E-state index >= 15 is 0 Å². The van der Waals surface area contributed by atoms with Crippen molar-refractivity contribution >= 4 is 10.1 Å². The van der Waals surface area contributed by atoms with Gasteiger partial charge in [0.2, 0.25) is 0 Å². The Hall–Kier alpha value is -0.530. The van der Waals surface area contributed by atoms with Crippen LogP contribution in [-0.2, 0) is 14.3 Å². The summed E-state index contributed by atoms with van der Waals surface area (Å²) < 4.78 is 27.0. The third-order valence-corrected chi connectivity index (χ3v) is 3.66. The summed E-state index contributed by atoms with van der Waals surface area (Å²) >= 11 is 0. The Morgan fingerprint density at radius 1 is 1.67 bits per heavy atom. The van der Waals surface area contributed by atoms with Crippen LogP contribution >= 0.6 is 0 Å². The van der Waals surface area contributed by atoms with Crippen LogP contribution in [0.3, 0.4) is 0 Å². The van der Waals surface area contributed by atoms with Crippen LogP contribution in [0.2, 0.25) is 0 Å². The van der Waals surface area contributed by atoms with E-state index in [0.29, 0.717) is 6.42 Å². The highest BCUT2D eigenvalue weighted by molar-refractivity contribution is 7.86. The molecule has 12 heavy (non-hydrogen) atoms. The Labute approximate surface area is 73.2 Å². The van der Waals surface area contributed by atoms with Crippen LogP contribution in [-0.4, -0.2) is 19.8 Å². The molecule has 0 radical (unpaired) electrons.